The number of nitrogens with one attached hydrogen (secondary N) is 2. The quantitative estimate of drug-likeness (QED) is 0.572. The number of hydrogen-bond acceptors (Lipinski definition) is 8. The number of aromatic nitrogens is 4. The summed E-state index contributed by atoms with van der Waals surface area (Å²) in [6, 6.07) is 8.25. The molecule has 2 aromatic heterocycles. The van der Waals surface area contributed by atoms with Gasteiger partial charge in [0.05, 0.1) is 13.3 Å². The number of alkyl halides is 3. The van der Waals surface area contributed by atoms with Crippen LogP contribution in [0.1, 0.15) is 10.5 Å². The Bertz CT molecular complexity index is 1010. The Kier molecular flexibility index (Phi) is 6.57. The molecule has 1 unspecified atom stereocenters. The summed E-state index contributed by atoms with van der Waals surface area (Å²) < 4.78 is 47.4. The molecular formula is C18H15F3N6O3. The first-order valence-corrected chi connectivity index (χ1v) is 8.40. The van der Waals surface area contributed by atoms with E-state index in [0.29, 0.717) is 11.4 Å². The smallest absolute Gasteiger partial charge is 0.304 e. The van der Waals surface area contributed by atoms with E-state index < -0.39 is 24.6 Å². The highest BCUT2D eigenvalue weighted by Crippen LogP contribution is 2.23. The van der Waals surface area contributed by atoms with Gasteiger partial charge in [-0.25, -0.2) is 23.7 Å². The molecule has 0 radical (unpaired) electrons. The molecule has 2 N–H and O–H groups in total. The standard InChI is InChI=1S/C18H15F3N6O3/c1-29-11-4-2-10(3-5-11)25-18-23-7-6-12(27-18)16(28)26-13-8-22-9-24-17(13)30-15(21)14(19)20/h2-9,14-15H,1H3,(H,26,28)(H,23,25,27). The lowest BCUT2D eigenvalue weighted by molar-refractivity contribution is -0.0687. The van der Waals surface area contributed by atoms with Crippen molar-refractivity contribution in [3.63, 3.8) is 0 Å². The van der Waals surface area contributed by atoms with Crippen LogP contribution in [0.3, 0.4) is 0 Å². The molecule has 1 atom stereocenters. The molecular weight excluding hydrogens is 405 g/mol. The first-order chi connectivity index (χ1) is 14.5. The molecule has 3 aromatic rings. The van der Waals surface area contributed by atoms with Crippen LogP contribution in [0.2, 0.25) is 0 Å². The van der Waals surface area contributed by atoms with Crippen LogP contribution in [0.15, 0.2) is 49.1 Å². The summed E-state index contributed by atoms with van der Waals surface area (Å²) in [5.41, 5.74) is 0.400. The lowest BCUT2D eigenvalue weighted by Crippen LogP contribution is -2.22. The van der Waals surface area contributed by atoms with E-state index in [-0.39, 0.29) is 17.3 Å². The van der Waals surface area contributed by atoms with Gasteiger partial charge in [-0.1, -0.05) is 0 Å². The Morgan fingerprint density at radius 2 is 1.87 bits per heavy atom. The summed E-state index contributed by atoms with van der Waals surface area (Å²) in [7, 11) is 1.54. The van der Waals surface area contributed by atoms with Crippen molar-refractivity contribution in [1.29, 1.82) is 0 Å². The number of carbonyl (C=O) groups excluding carboxylic acids is 1. The van der Waals surface area contributed by atoms with Crippen molar-refractivity contribution in [3.8, 4) is 11.6 Å². The first kappa shape index (κ1) is 20.8. The number of nitrogens with zero attached hydrogens (tertiary/aromatic N) is 4. The minimum atomic E-state index is -3.38. The zero-order valence-electron chi connectivity index (χ0n) is 15.4. The monoisotopic (exact) mass is 420 g/mol. The third-order valence-corrected chi connectivity index (χ3v) is 3.58. The number of amides is 1. The molecule has 0 saturated carbocycles. The Hall–Kier alpha value is -3.96. The summed E-state index contributed by atoms with van der Waals surface area (Å²) in [5.74, 6) is -0.478. The number of anilines is 3. The second kappa shape index (κ2) is 9.49. The van der Waals surface area contributed by atoms with E-state index in [4.69, 9.17) is 4.74 Å². The predicted octanol–water partition coefficient (Wildman–Crippen LogP) is 3.21. The minimum Gasteiger partial charge on any atom is -0.497 e. The zero-order chi connectivity index (χ0) is 21.5. The fourth-order valence-corrected chi connectivity index (χ4v) is 2.19. The molecule has 30 heavy (non-hydrogen) atoms. The maximum Gasteiger partial charge on any atom is 0.304 e. The van der Waals surface area contributed by atoms with Crippen molar-refractivity contribution in [1.82, 2.24) is 19.9 Å². The molecule has 3 rings (SSSR count). The number of hydrogen-bond donors (Lipinski definition) is 2. The molecule has 156 valence electrons. The molecule has 0 saturated heterocycles. The lowest BCUT2D eigenvalue weighted by atomic mass is 10.3. The van der Waals surface area contributed by atoms with E-state index >= 15 is 0 Å². The van der Waals surface area contributed by atoms with Crippen LogP contribution < -0.4 is 20.1 Å². The van der Waals surface area contributed by atoms with Crippen molar-refractivity contribution < 1.29 is 27.4 Å². The Morgan fingerprint density at radius 3 is 2.57 bits per heavy atom. The zero-order valence-corrected chi connectivity index (χ0v) is 15.4. The van der Waals surface area contributed by atoms with Gasteiger partial charge < -0.3 is 20.1 Å². The third kappa shape index (κ3) is 5.31. The van der Waals surface area contributed by atoms with Crippen LogP contribution in [0, 0.1) is 0 Å². The lowest BCUT2D eigenvalue weighted by Gasteiger charge is -2.13. The van der Waals surface area contributed by atoms with Gasteiger partial charge in [0.2, 0.25) is 11.8 Å². The van der Waals surface area contributed by atoms with Crippen molar-refractivity contribution >= 4 is 23.2 Å². The average molecular weight is 420 g/mol. The van der Waals surface area contributed by atoms with Gasteiger partial charge in [0.15, 0.2) is 0 Å². The second-order valence-electron chi connectivity index (χ2n) is 5.62. The number of ether oxygens (including phenoxy) is 2. The van der Waals surface area contributed by atoms with Gasteiger partial charge in [-0.15, -0.1) is 0 Å². The molecule has 0 aliphatic rings. The molecule has 1 aromatic carbocycles. The van der Waals surface area contributed by atoms with Crippen LogP contribution in [0.5, 0.6) is 11.6 Å². The topological polar surface area (TPSA) is 111 Å². The first-order valence-electron chi connectivity index (χ1n) is 8.40. The summed E-state index contributed by atoms with van der Waals surface area (Å²) in [4.78, 5) is 27.8. The van der Waals surface area contributed by atoms with Gasteiger partial charge in [0, 0.05) is 11.9 Å². The van der Waals surface area contributed by atoms with Crippen molar-refractivity contribution in [2.45, 2.75) is 12.8 Å². The van der Waals surface area contributed by atoms with E-state index in [1.54, 1.807) is 31.4 Å². The number of methoxy groups -OCH3 is 1. The maximum absolute atomic E-state index is 13.2. The molecule has 0 aliphatic carbocycles. The summed E-state index contributed by atoms with van der Waals surface area (Å²) in [5, 5.41) is 5.27. The third-order valence-electron chi connectivity index (χ3n) is 3.58. The van der Waals surface area contributed by atoms with E-state index in [1.807, 2.05) is 0 Å². The Morgan fingerprint density at radius 1 is 1.10 bits per heavy atom. The van der Waals surface area contributed by atoms with Crippen molar-refractivity contribution in [2.24, 2.45) is 0 Å². The van der Waals surface area contributed by atoms with Gasteiger partial charge in [-0.3, -0.25) is 4.79 Å². The van der Waals surface area contributed by atoms with Gasteiger partial charge >= 0.3 is 6.43 Å². The van der Waals surface area contributed by atoms with Gasteiger partial charge in [-0.2, -0.15) is 9.37 Å². The van der Waals surface area contributed by atoms with Crippen LogP contribution in [-0.4, -0.2) is 45.7 Å². The molecule has 1 amide bonds. The van der Waals surface area contributed by atoms with Crippen LogP contribution in [0.25, 0.3) is 0 Å². The minimum absolute atomic E-state index is 0.0542. The molecule has 2 heterocycles. The summed E-state index contributed by atoms with van der Waals surface area (Å²) in [6.07, 6.45) is -2.89. The Balaban J connectivity index is 1.73. The fraction of sp³-hybridized carbons (Fsp3) is 0.167. The van der Waals surface area contributed by atoms with Gasteiger partial charge in [0.25, 0.3) is 12.3 Å². The van der Waals surface area contributed by atoms with E-state index in [1.165, 1.54) is 12.3 Å². The highest BCUT2D eigenvalue weighted by Gasteiger charge is 2.23. The molecule has 0 aliphatic heterocycles. The summed E-state index contributed by atoms with van der Waals surface area (Å²) >= 11 is 0. The highest BCUT2D eigenvalue weighted by molar-refractivity contribution is 6.03. The predicted molar refractivity (Wildman–Crippen MR) is 99.8 cm³/mol. The molecule has 0 bridgehead atoms. The average Bonchev–Trinajstić information content (AvgIpc) is 2.75. The van der Waals surface area contributed by atoms with Crippen LogP contribution in [0.4, 0.5) is 30.5 Å². The molecule has 12 heteroatoms. The van der Waals surface area contributed by atoms with Crippen LogP contribution in [-0.2, 0) is 0 Å². The van der Waals surface area contributed by atoms with Crippen molar-refractivity contribution in [3.05, 3.63) is 54.7 Å². The maximum atomic E-state index is 13.2. The van der Waals surface area contributed by atoms with Crippen molar-refractivity contribution in [2.75, 3.05) is 17.7 Å². The second-order valence-corrected chi connectivity index (χ2v) is 5.62. The fourth-order valence-electron chi connectivity index (χ4n) is 2.19. The van der Waals surface area contributed by atoms with Gasteiger partial charge in [0.1, 0.15) is 23.5 Å². The van der Waals surface area contributed by atoms with Crippen LogP contribution >= 0.6 is 0 Å². The van der Waals surface area contributed by atoms with Gasteiger partial charge in [-0.05, 0) is 30.3 Å². The molecule has 9 nitrogen and oxygen atoms in total. The highest BCUT2D eigenvalue weighted by atomic mass is 19.3. The van der Waals surface area contributed by atoms with E-state index in [9.17, 15) is 18.0 Å². The largest absolute Gasteiger partial charge is 0.497 e. The number of rotatable bonds is 8. The van der Waals surface area contributed by atoms with E-state index in [2.05, 4.69) is 35.3 Å². The SMILES string of the molecule is COc1ccc(Nc2nccc(C(=O)Nc3cncnc3OC(F)C(F)F)n2)cc1. The number of benzene rings is 1. The number of carbonyl (C=O) groups is 1. The normalized spacial score (nSPS) is 11.6. The number of halogens is 3. The molecule has 0 spiro atoms. The summed E-state index contributed by atoms with van der Waals surface area (Å²) in [6.45, 7) is 0. The van der Waals surface area contributed by atoms with E-state index in [0.717, 1.165) is 12.5 Å². The Labute approximate surface area is 168 Å². The molecule has 0 fully saturated rings.